The fraction of sp³-hybridized carbons (Fsp3) is 0.478. The van der Waals surface area contributed by atoms with Gasteiger partial charge in [-0.1, -0.05) is 19.4 Å². The van der Waals surface area contributed by atoms with Crippen LogP contribution >= 0.6 is 0 Å². The molecule has 2 heterocycles. The van der Waals surface area contributed by atoms with Crippen LogP contribution in [-0.2, 0) is 23.6 Å². The van der Waals surface area contributed by atoms with Gasteiger partial charge in [-0.25, -0.2) is 9.97 Å². The summed E-state index contributed by atoms with van der Waals surface area (Å²) in [7, 11) is 0. The second kappa shape index (κ2) is 9.11. The van der Waals surface area contributed by atoms with E-state index in [-0.39, 0.29) is 50.7 Å². The Morgan fingerprint density at radius 2 is 2.09 bits per heavy atom. The SMILES string of the molecule is CCCc1cc(-c2nc(N3CC(O)C3)nc3c2CCC3(F)F)ccc1C(=O)N(C=O)CCO. The van der Waals surface area contributed by atoms with Crippen LogP contribution in [0.15, 0.2) is 18.2 Å². The molecular weight excluding hydrogens is 434 g/mol. The van der Waals surface area contributed by atoms with Gasteiger partial charge in [0.15, 0.2) is 0 Å². The first kappa shape index (κ1) is 23.2. The number of amides is 2. The molecule has 0 atom stereocenters. The molecule has 1 aromatic carbocycles. The summed E-state index contributed by atoms with van der Waals surface area (Å²) >= 11 is 0. The third-order valence-corrected chi connectivity index (χ3v) is 6.03. The van der Waals surface area contributed by atoms with Crippen LogP contribution in [0.3, 0.4) is 0 Å². The Labute approximate surface area is 189 Å². The molecule has 33 heavy (non-hydrogen) atoms. The smallest absolute Gasteiger partial charge is 0.290 e. The molecule has 2 N–H and O–H groups in total. The number of hydrogen-bond acceptors (Lipinski definition) is 7. The quantitative estimate of drug-likeness (QED) is 0.580. The minimum absolute atomic E-state index is 0.116. The van der Waals surface area contributed by atoms with E-state index in [2.05, 4.69) is 9.97 Å². The Morgan fingerprint density at radius 3 is 2.73 bits per heavy atom. The number of benzene rings is 1. The highest BCUT2D eigenvalue weighted by atomic mass is 19.3. The number of nitrogens with zero attached hydrogens (tertiary/aromatic N) is 4. The number of anilines is 1. The van der Waals surface area contributed by atoms with Gasteiger partial charge in [0.25, 0.3) is 11.8 Å². The monoisotopic (exact) mass is 460 g/mol. The molecule has 176 valence electrons. The summed E-state index contributed by atoms with van der Waals surface area (Å²) in [5.41, 5.74) is 2.09. The third-order valence-electron chi connectivity index (χ3n) is 6.03. The van der Waals surface area contributed by atoms with Crippen molar-refractivity contribution >= 4 is 18.3 Å². The normalized spacial score (nSPS) is 16.9. The molecule has 2 aromatic rings. The Morgan fingerprint density at radius 1 is 1.33 bits per heavy atom. The van der Waals surface area contributed by atoms with Crippen LogP contribution in [0.2, 0.25) is 0 Å². The first-order chi connectivity index (χ1) is 15.8. The van der Waals surface area contributed by atoms with Crippen molar-refractivity contribution in [1.29, 1.82) is 0 Å². The first-order valence-electron chi connectivity index (χ1n) is 11.0. The zero-order valence-corrected chi connectivity index (χ0v) is 18.3. The van der Waals surface area contributed by atoms with Gasteiger partial charge in [-0.15, -0.1) is 0 Å². The highest BCUT2D eigenvalue weighted by molar-refractivity contribution is 6.01. The maximum Gasteiger partial charge on any atom is 0.290 e. The molecule has 8 nitrogen and oxygen atoms in total. The third kappa shape index (κ3) is 4.32. The molecule has 0 spiro atoms. The molecule has 0 bridgehead atoms. The number of aliphatic hydroxyl groups is 2. The summed E-state index contributed by atoms with van der Waals surface area (Å²) in [4.78, 5) is 35.4. The lowest BCUT2D eigenvalue weighted by molar-refractivity contribution is -0.116. The van der Waals surface area contributed by atoms with Crippen molar-refractivity contribution in [3.05, 3.63) is 40.6 Å². The van der Waals surface area contributed by atoms with Crippen LogP contribution in [0.25, 0.3) is 11.3 Å². The zero-order chi connectivity index (χ0) is 23.8. The van der Waals surface area contributed by atoms with E-state index in [0.717, 1.165) is 11.3 Å². The van der Waals surface area contributed by atoms with E-state index in [4.69, 9.17) is 5.11 Å². The highest BCUT2D eigenvalue weighted by Gasteiger charge is 2.44. The molecule has 10 heteroatoms. The number of aromatic nitrogens is 2. The number of hydrogen-bond donors (Lipinski definition) is 2. The van der Waals surface area contributed by atoms with Crippen LogP contribution in [0, 0.1) is 0 Å². The second-order valence-corrected chi connectivity index (χ2v) is 8.41. The predicted octanol–water partition coefficient (Wildman–Crippen LogP) is 1.91. The number of rotatable bonds is 8. The van der Waals surface area contributed by atoms with Gasteiger partial charge in [-0.05, 0) is 30.5 Å². The molecule has 0 unspecified atom stereocenters. The molecule has 0 saturated carbocycles. The summed E-state index contributed by atoms with van der Waals surface area (Å²) in [6.45, 7) is 2.05. The number of carbonyl (C=O) groups is 2. The van der Waals surface area contributed by atoms with Crippen molar-refractivity contribution in [2.75, 3.05) is 31.1 Å². The number of aryl methyl sites for hydroxylation is 1. The van der Waals surface area contributed by atoms with E-state index >= 15 is 0 Å². The summed E-state index contributed by atoms with van der Waals surface area (Å²) in [6, 6.07) is 4.97. The minimum Gasteiger partial charge on any atom is -0.395 e. The molecule has 2 aliphatic rings. The molecule has 1 aromatic heterocycles. The minimum atomic E-state index is -3.05. The largest absolute Gasteiger partial charge is 0.395 e. The van der Waals surface area contributed by atoms with Gasteiger partial charge in [0.2, 0.25) is 12.4 Å². The van der Waals surface area contributed by atoms with Gasteiger partial charge in [-0.2, -0.15) is 8.78 Å². The lowest BCUT2D eigenvalue weighted by Crippen LogP contribution is -2.51. The van der Waals surface area contributed by atoms with E-state index in [1.165, 1.54) is 0 Å². The number of carbonyl (C=O) groups excluding carboxylic acids is 2. The number of β-amino-alcohol motifs (C(OH)–C–C–N with tert-alkyl or cyclic N) is 1. The van der Waals surface area contributed by atoms with E-state index in [1.807, 2.05) is 6.92 Å². The van der Waals surface area contributed by atoms with Crippen LogP contribution in [0.5, 0.6) is 0 Å². The number of aliphatic hydroxyl groups excluding tert-OH is 2. The summed E-state index contributed by atoms with van der Waals surface area (Å²) < 4.78 is 29.2. The molecule has 1 aliphatic heterocycles. The molecular formula is C23H26F2N4O4. The number of imide groups is 1. The number of alkyl halides is 2. The fourth-order valence-electron chi connectivity index (χ4n) is 4.30. The van der Waals surface area contributed by atoms with Crippen LogP contribution in [0.1, 0.15) is 46.9 Å². The standard InChI is InChI=1S/C23H26F2N4O4/c1-2-3-14-10-15(4-5-17(14)21(33)28(13-31)8-9-30)19-18-6-7-23(24,25)20(18)27-22(26-19)29-11-16(32)12-29/h4-5,10,13,16,30,32H,2-3,6-9,11-12H2,1H3. The maximum atomic E-state index is 14.6. The number of fused-ring (bicyclic) bond motifs is 1. The Hall–Kier alpha value is -2.98. The lowest BCUT2D eigenvalue weighted by Gasteiger charge is -2.36. The van der Waals surface area contributed by atoms with Crippen molar-refractivity contribution in [2.45, 2.75) is 44.6 Å². The van der Waals surface area contributed by atoms with Crippen LogP contribution in [-0.4, -0.2) is 69.7 Å². The molecule has 1 aliphatic carbocycles. The average Bonchev–Trinajstić information content (AvgIpc) is 3.09. The molecule has 0 radical (unpaired) electrons. The summed E-state index contributed by atoms with van der Waals surface area (Å²) in [5, 5.41) is 18.7. The number of halogens is 2. The highest BCUT2D eigenvalue weighted by Crippen LogP contribution is 2.44. The van der Waals surface area contributed by atoms with Gasteiger partial charge in [-0.3, -0.25) is 14.5 Å². The average molecular weight is 460 g/mol. The van der Waals surface area contributed by atoms with Crippen LogP contribution < -0.4 is 4.90 Å². The van der Waals surface area contributed by atoms with Crippen molar-refractivity contribution in [1.82, 2.24) is 14.9 Å². The van der Waals surface area contributed by atoms with Gasteiger partial charge in [0, 0.05) is 36.2 Å². The lowest BCUT2D eigenvalue weighted by atomic mass is 9.96. The van der Waals surface area contributed by atoms with E-state index < -0.39 is 17.9 Å². The van der Waals surface area contributed by atoms with Crippen molar-refractivity contribution in [3.8, 4) is 11.3 Å². The van der Waals surface area contributed by atoms with E-state index in [9.17, 15) is 23.5 Å². The topological polar surface area (TPSA) is 107 Å². The Kier molecular flexibility index (Phi) is 6.40. The second-order valence-electron chi connectivity index (χ2n) is 8.41. The van der Waals surface area contributed by atoms with Crippen molar-refractivity contribution in [2.24, 2.45) is 0 Å². The molecule has 2 amide bonds. The van der Waals surface area contributed by atoms with Gasteiger partial charge in [0.05, 0.1) is 24.9 Å². The first-order valence-corrected chi connectivity index (χ1v) is 11.0. The van der Waals surface area contributed by atoms with E-state index in [0.29, 0.717) is 40.8 Å². The van der Waals surface area contributed by atoms with Gasteiger partial charge in [0.1, 0.15) is 5.69 Å². The van der Waals surface area contributed by atoms with Gasteiger partial charge < -0.3 is 15.1 Å². The Balaban J connectivity index is 1.79. The summed E-state index contributed by atoms with van der Waals surface area (Å²) in [5.74, 6) is -3.42. The van der Waals surface area contributed by atoms with Gasteiger partial charge >= 0.3 is 0 Å². The predicted molar refractivity (Wildman–Crippen MR) is 116 cm³/mol. The van der Waals surface area contributed by atoms with Crippen LogP contribution in [0.4, 0.5) is 14.7 Å². The maximum absolute atomic E-state index is 14.6. The van der Waals surface area contributed by atoms with E-state index in [1.54, 1.807) is 23.1 Å². The van der Waals surface area contributed by atoms with Crippen molar-refractivity contribution in [3.63, 3.8) is 0 Å². The zero-order valence-electron chi connectivity index (χ0n) is 18.3. The molecule has 1 fully saturated rings. The van der Waals surface area contributed by atoms with Crippen molar-refractivity contribution < 1.29 is 28.6 Å². The fourth-order valence-corrected chi connectivity index (χ4v) is 4.30. The molecule has 1 saturated heterocycles. The summed E-state index contributed by atoms with van der Waals surface area (Å²) in [6.07, 6.45) is 0.905. The Bertz CT molecular complexity index is 1070. The molecule has 4 rings (SSSR count).